The number of nitrogens with two attached hydrogens (primary N) is 1. The average Bonchev–Trinajstić information content (AvgIpc) is 2.07. The van der Waals surface area contributed by atoms with E-state index in [-0.39, 0.29) is 5.78 Å². The lowest BCUT2D eigenvalue weighted by atomic mass is 10.1. The van der Waals surface area contributed by atoms with Crippen molar-refractivity contribution in [3.63, 3.8) is 0 Å². The van der Waals surface area contributed by atoms with E-state index in [0.717, 1.165) is 23.2 Å². The van der Waals surface area contributed by atoms with Crippen molar-refractivity contribution in [3.05, 3.63) is 29.3 Å². The lowest BCUT2D eigenvalue weighted by Gasteiger charge is -2.03. The van der Waals surface area contributed by atoms with Gasteiger partial charge in [-0.1, -0.05) is 12.1 Å². The van der Waals surface area contributed by atoms with Crippen LogP contribution in [0.3, 0.4) is 0 Å². The van der Waals surface area contributed by atoms with Crippen molar-refractivity contribution >= 4 is 11.5 Å². The molecule has 0 amide bonds. The molecule has 0 radical (unpaired) electrons. The molecular formula is C11H15NO. The second-order valence-corrected chi connectivity index (χ2v) is 3.39. The lowest BCUT2D eigenvalue weighted by molar-refractivity contribution is -0.116. The highest BCUT2D eigenvalue weighted by atomic mass is 16.1. The number of aryl methyl sites for hydroxylation is 2. The molecule has 0 aliphatic carbocycles. The summed E-state index contributed by atoms with van der Waals surface area (Å²) in [5, 5.41) is 0. The van der Waals surface area contributed by atoms with Crippen molar-refractivity contribution in [2.45, 2.75) is 26.7 Å². The fraction of sp³-hybridized carbons (Fsp3) is 0.364. The Hall–Kier alpha value is -1.31. The summed E-state index contributed by atoms with van der Waals surface area (Å²) < 4.78 is 0. The van der Waals surface area contributed by atoms with Gasteiger partial charge < -0.3 is 10.5 Å². The van der Waals surface area contributed by atoms with Crippen LogP contribution in [0.1, 0.15) is 24.5 Å². The quantitative estimate of drug-likeness (QED) is 0.718. The predicted octanol–water partition coefficient (Wildman–Crippen LogP) is 2.10. The zero-order valence-electron chi connectivity index (χ0n) is 8.13. The normalized spacial score (nSPS) is 10.0. The molecule has 0 heterocycles. The van der Waals surface area contributed by atoms with Gasteiger partial charge in [-0.2, -0.15) is 0 Å². The van der Waals surface area contributed by atoms with E-state index < -0.39 is 0 Å². The topological polar surface area (TPSA) is 43.1 Å². The van der Waals surface area contributed by atoms with E-state index in [2.05, 4.69) is 0 Å². The zero-order chi connectivity index (χ0) is 9.84. The van der Waals surface area contributed by atoms with Gasteiger partial charge in [-0.05, 0) is 37.5 Å². The molecule has 1 aromatic carbocycles. The van der Waals surface area contributed by atoms with E-state index in [0.29, 0.717) is 6.42 Å². The third-order valence-corrected chi connectivity index (χ3v) is 2.11. The number of nitrogen functional groups attached to an aromatic ring is 1. The maximum Gasteiger partial charge on any atom is 0.130 e. The Morgan fingerprint density at radius 2 is 2.15 bits per heavy atom. The molecule has 0 saturated carbocycles. The van der Waals surface area contributed by atoms with Crippen LogP contribution in [0.2, 0.25) is 0 Å². The first-order valence-corrected chi connectivity index (χ1v) is 4.44. The molecule has 1 rings (SSSR count). The van der Waals surface area contributed by atoms with Gasteiger partial charge >= 0.3 is 0 Å². The first-order chi connectivity index (χ1) is 6.09. The van der Waals surface area contributed by atoms with Crippen molar-refractivity contribution in [2.24, 2.45) is 0 Å². The molecule has 0 bridgehead atoms. The van der Waals surface area contributed by atoms with Crippen LogP contribution in [-0.4, -0.2) is 5.78 Å². The molecule has 0 atom stereocenters. The number of rotatable bonds is 3. The van der Waals surface area contributed by atoms with Gasteiger partial charge in [0.25, 0.3) is 0 Å². The van der Waals surface area contributed by atoms with Crippen molar-refractivity contribution in [1.29, 1.82) is 0 Å². The van der Waals surface area contributed by atoms with Crippen molar-refractivity contribution in [3.8, 4) is 0 Å². The van der Waals surface area contributed by atoms with Crippen LogP contribution >= 0.6 is 0 Å². The summed E-state index contributed by atoms with van der Waals surface area (Å²) in [5.41, 5.74) is 8.78. The number of ketones is 1. The number of hydrogen-bond donors (Lipinski definition) is 1. The van der Waals surface area contributed by atoms with E-state index in [4.69, 9.17) is 5.73 Å². The van der Waals surface area contributed by atoms with Gasteiger partial charge in [0, 0.05) is 12.1 Å². The van der Waals surface area contributed by atoms with Crippen LogP contribution in [0.5, 0.6) is 0 Å². The van der Waals surface area contributed by atoms with Gasteiger partial charge in [-0.15, -0.1) is 0 Å². The number of Topliss-reactive ketones (excluding diaryl/α,β-unsaturated/α-hetero) is 1. The minimum absolute atomic E-state index is 0.221. The van der Waals surface area contributed by atoms with E-state index >= 15 is 0 Å². The standard InChI is InChI=1S/C11H15NO/c1-8-3-5-10(7-11(8)12)6-4-9(2)13/h3,5,7H,4,6,12H2,1-2H3. The molecule has 0 saturated heterocycles. The van der Waals surface area contributed by atoms with Gasteiger partial charge in [0.2, 0.25) is 0 Å². The second-order valence-electron chi connectivity index (χ2n) is 3.39. The first-order valence-electron chi connectivity index (χ1n) is 4.44. The summed E-state index contributed by atoms with van der Waals surface area (Å²) in [6.45, 7) is 3.58. The van der Waals surface area contributed by atoms with E-state index in [1.807, 2.05) is 25.1 Å². The molecule has 0 aliphatic rings. The maximum atomic E-state index is 10.7. The molecule has 0 fully saturated rings. The van der Waals surface area contributed by atoms with Crippen molar-refractivity contribution in [2.75, 3.05) is 5.73 Å². The summed E-state index contributed by atoms with van der Waals surface area (Å²) >= 11 is 0. The summed E-state index contributed by atoms with van der Waals surface area (Å²) in [4.78, 5) is 10.7. The third kappa shape index (κ3) is 2.90. The highest BCUT2D eigenvalue weighted by Gasteiger charge is 1.98. The average molecular weight is 177 g/mol. The highest BCUT2D eigenvalue weighted by molar-refractivity contribution is 5.75. The Morgan fingerprint density at radius 3 is 2.69 bits per heavy atom. The molecule has 2 heteroatoms. The number of carbonyl (C=O) groups is 1. The summed E-state index contributed by atoms with van der Waals surface area (Å²) in [6, 6.07) is 5.96. The van der Waals surface area contributed by atoms with Crippen LogP contribution in [0.15, 0.2) is 18.2 Å². The molecule has 0 aliphatic heterocycles. The number of anilines is 1. The lowest BCUT2D eigenvalue weighted by Crippen LogP contribution is -1.96. The van der Waals surface area contributed by atoms with E-state index in [1.54, 1.807) is 6.92 Å². The number of carbonyl (C=O) groups excluding carboxylic acids is 1. The Morgan fingerprint density at radius 1 is 1.46 bits per heavy atom. The van der Waals surface area contributed by atoms with Crippen LogP contribution in [0, 0.1) is 6.92 Å². The SMILES string of the molecule is CC(=O)CCc1ccc(C)c(N)c1. The molecule has 0 unspecified atom stereocenters. The molecule has 2 nitrogen and oxygen atoms in total. The summed E-state index contributed by atoms with van der Waals surface area (Å²) in [5.74, 6) is 0.221. The summed E-state index contributed by atoms with van der Waals surface area (Å²) in [6.07, 6.45) is 1.39. The molecule has 2 N–H and O–H groups in total. The van der Waals surface area contributed by atoms with E-state index in [9.17, 15) is 4.79 Å². The monoisotopic (exact) mass is 177 g/mol. The zero-order valence-corrected chi connectivity index (χ0v) is 8.13. The van der Waals surface area contributed by atoms with E-state index in [1.165, 1.54) is 0 Å². The fourth-order valence-corrected chi connectivity index (χ4v) is 1.17. The number of hydrogen-bond acceptors (Lipinski definition) is 2. The Balaban J connectivity index is 2.68. The van der Waals surface area contributed by atoms with Crippen LogP contribution in [-0.2, 0) is 11.2 Å². The molecule has 0 aromatic heterocycles. The van der Waals surface area contributed by atoms with Crippen molar-refractivity contribution < 1.29 is 4.79 Å². The Kier molecular flexibility index (Phi) is 3.07. The minimum atomic E-state index is 0.221. The predicted molar refractivity (Wildman–Crippen MR) is 54.6 cm³/mol. The highest BCUT2D eigenvalue weighted by Crippen LogP contribution is 2.14. The molecule has 1 aromatic rings. The molecule has 0 spiro atoms. The first kappa shape index (κ1) is 9.78. The molecule has 13 heavy (non-hydrogen) atoms. The molecule has 70 valence electrons. The Labute approximate surface area is 78.8 Å². The van der Waals surface area contributed by atoms with Gasteiger partial charge in [0.1, 0.15) is 5.78 Å². The molecular weight excluding hydrogens is 162 g/mol. The van der Waals surface area contributed by atoms with Crippen molar-refractivity contribution in [1.82, 2.24) is 0 Å². The number of benzene rings is 1. The second kappa shape index (κ2) is 4.08. The minimum Gasteiger partial charge on any atom is -0.399 e. The maximum absolute atomic E-state index is 10.7. The fourth-order valence-electron chi connectivity index (χ4n) is 1.17. The van der Waals surface area contributed by atoms with Crippen LogP contribution in [0.25, 0.3) is 0 Å². The van der Waals surface area contributed by atoms with Crippen LogP contribution < -0.4 is 5.73 Å². The summed E-state index contributed by atoms with van der Waals surface area (Å²) in [7, 11) is 0. The Bertz CT molecular complexity index is 318. The van der Waals surface area contributed by atoms with Gasteiger partial charge in [-0.3, -0.25) is 0 Å². The smallest absolute Gasteiger partial charge is 0.130 e. The van der Waals surface area contributed by atoms with Gasteiger partial charge in [0.15, 0.2) is 0 Å². The van der Waals surface area contributed by atoms with Gasteiger partial charge in [-0.25, -0.2) is 0 Å². The van der Waals surface area contributed by atoms with Crippen LogP contribution in [0.4, 0.5) is 5.69 Å². The third-order valence-electron chi connectivity index (χ3n) is 2.11. The largest absolute Gasteiger partial charge is 0.399 e. The van der Waals surface area contributed by atoms with Gasteiger partial charge in [0.05, 0.1) is 0 Å².